The van der Waals surface area contributed by atoms with Crippen molar-refractivity contribution in [1.82, 2.24) is 24.1 Å². The Kier molecular flexibility index (Phi) is 4.10. The maximum Gasteiger partial charge on any atom is 0.413 e. The predicted octanol–water partition coefficient (Wildman–Crippen LogP) is 3.13. The minimum Gasteiger partial charge on any atom is -0.493 e. The zero-order valence-corrected chi connectivity index (χ0v) is 17.8. The minimum absolute atomic E-state index is 0.196. The van der Waals surface area contributed by atoms with Gasteiger partial charge in [-0.2, -0.15) is 0 Å². The summed E-state index contributed by atoms with van der Waals surface area (Å²) in [7, 11) is 1.87. The fourth-order valence-corrected chi connectivity index (χ4v) is 4.77. The number of halogens is 1. The molecule has 11 heteroatoms. The topological polar surface area (TPSA) is 107 Å². The first-order valence-electron chi connectivity index (χ1n) is 10.4. The van der Waals surface area contributed by atoms with Crippen LogP contribution in [-0.2, 0) is 13.6 Å². The first-order valence-corrected chi connectivity index (χ1v) is 10.4. The number of hydrogen-bond donors (Lipinski definition) is 1. The lowest BCUT2D eigenvalue weighted by Gasteiger charge is -2.24. The van der Waals surface area contributed by atoms with E-state index in [0.717, 1.165) is 16.3 Å². The molecule has 3 aromatic heterocycles. The Labute approximate surface area is 186 Å². The summed E-state index contributed by atoms with van der Waals surface area (Å²) in [5.74, 6) is 0.370. The van der Waals surface area contributed by atoms with Crippen molar-refractivity contribution in [3.8, 4) is 22.8 Å². The fourth-order valence-electron chi connectivity index (χ4n) is 4.77. The second-order valence-electron chi connectivity index (χ2n) is 8.19. The van der Waals surface area contributed by atoms with Crippen molar-refractivity contribution in [3.63, 3.8) is 0 Å². The predicted molar refractivity (Wildman–Crippen MR) is 114 cm³/mol. The van der Waals surface area contributed by atoms with E-state index in [1.165, 1.54) is 12.4 Å². The third-order valence-electron chi connectivity index (χ3n) is 6.24. The summed E-state index contributed by atoms with van der Waals surface area (Å²) in [4.78, 5) is 17.9. The van der Waals surface area contributed by atoms with Gasteiger partial charge in [0, 0.05) is 23.7 Å². The lowest BCUT2D eigenvalue weighted by atomic mass is 9.95. The first-order chi connectivity index (χ1) is 15.9. The standard InChI is InChI=1S/C22H19FN6O4/c1-11-19(27(2)9-24-11)13-5-17-21(29-10-25-26-20(13)29)28(22(30)31)6-14-15(23)3-4-16-18(14)12(7-32-16)8-33-17/h3-5,9-10,12H,6-8H2,1-2H3,(H,30,31)/t12-/m0/s1. The number of rotatable bonds is 1. The summed E-state index contributed by atoms with van der Waals surface area (Å²) < 4.78 is 30.3. The molecule has 6 rings (SSSR count). The number of benzene rings is 1. The van der Waals surface area contributed by atoms with Crippen LogP contribution in [0.15, 0.2) is 30.9 Å². The van der Waals surface area contributed by atoms with Crippen LogP contribution in [0, 0.1) is 12.7 Å². The monoisotopic (exact) mass is 450 g/mol. The van der Waals surface area contributed by atoms with Crippen LogP contribution in [0.4, 0.5) is 15.0 Å². The molecular formula is C22H19FN6O4. The smallest absolute Gasteiger partial charge is 0.413 e. The largest absolute Gasteiger partial charge is 0.493 e. The van der Waals surface area contributed by atoms with E-state index in [0.29, 0.717) is 34.9 Å². The van der Waals surface area contributed by atoms with E-state index < -0.39 is 11.9 Å². The van der Waals surface area contributed by atoms with Crippen molar-refractivity contribution in [3.05, 3.63) is 53.5 Å². The van der Waals surface area contributed by atoms with Crippen molar-refractivity contribution in [2.24, 2.45) is 7.05 Å². The molecule has 0 fully saturated rings. The Morgan fingerprint density at radius 2 is 2.00 bits per heavy atom. The number of amides is 1. The molecule has 168 valence electrons. The molecule has 1 N–H and O–H groups in total. The van der Waals surface area contributed by atoms with Crippen molar-refractivity contribution in [2.45, 2.75) is 19.4 Å². The third-order valence-corrected chi connectivity index (χ3v) is 6.24. The summed E-state index contributed by atoms with van der Waals surface area (Å²) in [5, 5.41) is 18.4. The normalized spacial score (nSPS) is 16.9. The highest BCUT2D eigenvalue weighted by Crippen LogP contribution is 2.43. The van der Waals surface area contributed by atoms with E-state index in [4.69, 9.17) is 9.47 Å². The summed E-state index contributed by atoms with van der Waals surface area (Å²) >= 11 is 0. The zero-order chi connectivity index (χ0) is 22.9. The van der Waals surface area contributed by atoms with E-state index in [1.807, 2.05) is 18.5 Å². The molecule has 0 bridgehead atoms. The summed E-state index contributed by atoms with van der Waals surface area (Å²) in [6.45, 7) is 2.20. The average Bonchev–Trinajstić information content (AvgIpc) is 3.50. The Balaban J connectivity index is 1.63. The lowest BCUT2D eigenvalue weighted by molar-refractivity contribution is 0.200. The molecule has 1 atom stereocenters. The molecule has 0 aliphatic carbocycles. The Morgan fingerprint density at radius 3 is 2.73 bits per heavy atom. The second kappa shape index (κ2) is 6.92. The molecule has 5 heterocycles. The molecule has 2 aliphatic heterocycles. The van der Waals surface area contributed by atoms with Crippen LogP contribution in [0.3, 0.4) is 0 Å². The van der Waals surface area contributed by atoms with E-state index in [1.54, 1.807) is 22.9 Å². The number of nitrogens with zero attached hydrogens (tertiary/aromatic N) is 6. The molecule has 0 saturated carbocycles. The Hall–Kier alpha value is -4.15. The van der Waals surface area contributed by atoms with Crippen LogP contribution in [0.5, 0.6) is 11.5 Å². The molecule has 4 aromatic rings. The number of carboxylic acid groups (broad SMARTS) is 1. The summed E-state index contributed by atoms with van der Waals surface area (Å²) in [6, 6.07) is 4.63. The molecule has 0 unspecified atom stereocenters. The van der Waals surface area contributed by atoms with Crippen molar-refractivity contribution >= 4 is 17.6 Å². The molecule has 33 heavy (non-hydrogen) atoms. The van der Waals surface area contributed by atoms with Crippen molar-refractivity contribution in [2.75, 3.05) is 18.1 Å². The highest BCUT2D eigenvalue weighted by molar-refractivity contribution is 5.90. The lowest BCUT2D eigenvalue weighted by Crippen LogP contribution is -2.31. The zero-order valence-electron chi connectivity index (χ0n) is 17.8. The third kappa shape index (κ3) is 2.78. The van der Waals surface area contributed by atoms with Gasteiger partial charge in [0.25, 0.3) is 0 Å². The Bertz CT molecular complexity index is 1430. The maximum absolute atomic E-state index is 14.9. The molecule has 2 aliphatic rings. The van der Waals surface area contributed by atoms with Crippen LogP contribution >= 0.6 is 0 Å². The van der Waals surface area contributed by atoms with Gasteiger partial charge in [-0.15, -0.1) is 10.2 Å². The van der Waals surface area contributed by atoms with Gasteiger partial charge in [-0.25, -0.2) is 14.2 Å². The van der Waals surface area contributed by atoms with Crippen LogP contribution in [0.1, 0.15) is 22.7 Å². The van der Waals surface area contributed by atoms with Gasteiger partial charge in [-0.05, 0) is 25.1 Å². The van der Waals surface area contributed by atoms with Gasteiger partial charge in [-0.1, -0.05) is 0 Å². The van der Waals surface area contributed by atoms with Gasteiger partial charge in [0.05, 0.1) is 43.4 Å². The molecule has 1 aromatic carbocycles. The van der Waals surface area contributed by atoms with Crippen molar-refractivity contribution in [1.29, 1.82) is 0 Å². The summed E-state index contributed by atoms with van der Waals surface area (Å²) in [6.07, 6.45) is 1.87. The van der Waals surface area contributed by atoms with Gasteiger partial charge < -0.3 is 19.1 Å². The van der Waals surface area contributed by atoms with Gasteiger partial charge in [0.1, 0.15) is 17.9 Å². The second-order valence-corrected chi connectivity index (χ2v) is 8.19. The van der Waals surface area contributed by atoms with Crippen molar-refractivity contribution < 1.29 is 23.8 Å². The quantitative estimate of drug-likeness (QED) is 0.475. The molecule has 0 saturated heterocycles. The molecule has 1 amide bonds. The number of fused-ring (bicyclic) bond motifs is 3. The molecule has 0 spiro atoms. The van der Waals surface area contributed by atoms with Gasteiger partial charge in [-0.3, -0.25) is 9.30 Å². The number of hydrogen-bond acceptors (Lipinski definition) is 6. The number of pyridine rings is 1. The highest BCUT2D eigenvalue weighted by Gasteiger charge is 2.35. The number of imidazole rings is 1. The van der Waals surface area contributed by atoms with Crippen LogP contribution in [-0.4, -0.2) is 48.6 Å². The van der Waals surface area contributed by atoms with Gasteiger partial charge >= 0.3 is 6.09 Å². The SMILES string of the molecule is Cc1ncn(C)c1-c1cc2c(n3cnnc13)N(C(=O)O)Cc1c(F)ccc3c1[C@@H](CO3)CO2. The summed E-state index contributed by atoms with van der Waals surface area (Å²) in [5.41, 5.74) is 3.65. The van der Waals surface area contributed by atoms with E-state index in [-0.39, 0.29) is 30.5 Å². The maximum atomic E-state index is 14.9. The van der Waals surface area contributed by atoms with Gasteiger partial charge in [0.2, 0.25) is 0 Å². The molecule has 10 nitrogen and oxygen atoms in total. The van der Waals surface area contributed by atoms with Crippen LogP contribution < -0.4 is 14.4 Å². The number of ether oxygens (including phenoxy) is 2. The fraction of sp³-hybridized carbons (Fsp3) is 0.273. The van der Waals surface area contributed by atoms with Crippen LogP contribution in [0.2, 0.25) is 0 Å². The highest BCUT2D eigenvalue weighted by atomic mass is 19.1. The molecular weight excluding hydrogens is 431 g/mol. The van der Waals surface area contributed by atoms with E-state index in [2.05, 4.69) is 15.2 Å². The first kappa shape index (κ1) is 19.5. The number of aryl methyl sites for hydroxylation is 2. The minimum atomic E-state index is -1.26. The average molecular weight is 450 g/mol. The van der Waals surface area contributed by atoms with Gasteiger partial charge in [0.15, 0.2) is 17.2 Å². The number of carbonyl (C=O) groups is 1. The number of aromatic nitrogens is 5. The van der Waals surface area contributed by atoms with Crippen LogP contribution in [0.25, 0.3) is 16.9 Å². The van der Waals surface area contributed by atoms with E-state index in [9.17, 15) is 14.3 Å². The molecule has 0 radical (unpaired) electrons. The Morgan fingerprint density at radius 1 is 1.21 bits per heavy atom. The van der Waals surface area contributed by atoms with E-state index >= 15 is 0 Å². The number of anilines is 1.